The van der Waals surface area contributed by atoms with E-state index < -0.39 is 0 Å². The first-order valence-electron chi connectivity index (χ1n) is 6.71. The van der Waals surface area contributed by atoms with Crippen molar-refractivity contribution in [1.82, 2.24) is 9.38 Å². The van der Waals surface area contributed by atoms with Gasteiger partial charge in [0, 0.05) is 17.8 Å². The van der Waals surface area contributed by atoms with Crippen LogP contribution in [-0.4, -0.2) is 23.0 Å². The van der Waals surface area contributed by atoms with E-state index in [-0.39, 0.29) is 0 Å². The Labute approximate surface area is 126 Å². The maximum atomic E-state index is 5.86. The monoisotopic (exact) mass is 303 g/mol. The van der Waals surface area contributed by atoms with Gasteiger partial charge in [0.1, 0.15) is 6.61 Å². The first-order valence-corrected chi connectivity index (χ1v) is 7.59. The Morgan fingerprint density at radius 1 is 1.33 bits per heavy atom. The summed E-state index contributed by atoms with van der Waals surface area (Å²) in [5.74, 6) is 1.44. The molecule has 110 valence electrons. The van der Waals surface area contributed by atoms with Gasteiger partial charge in [-0.3, -0.25) is 4.40 Å². The van der Waals surface area contributed by atoms with Gasteiger partial charge in [-0.25, -0.2) is 4.98 Å². The largest absolute Gasteiger partial charge is 0.493 e. The fourth-order valence-electron chi connectivity index (χ4n) is 2.15. The van der Waals surface area contributed by atoms with Gasteiger partial charge in [0.15, 0.2) is 16.5 Å². The van der Waals surface area contributed by atoms with Crippen molar-refractivity contribution < 1.29 is 9.47 Å². The molecule has 3 rings (SSSR count). The van der Waals surface area contributed by atoms with Crippen molar-refractivity contribution >= 4 is 16.3 Å². The van der Waals surface area contributed by atoms with Gasteiger partial charge >= 0.3 is 0 Å². The Bertz CT molecular complexity index is 707. The number of ether oxygens (including phenoxy) is 2. The molecule has 0 aliphatic carbocycles. The summed E-state index contributed by atoms with van der Waals surface area (Å²) in [5, 5.41) is 2.01. The van der Waals surface area contributed by atoms with Gasteiger partial charge in [0.2, 0.25) is 0 Å². The summed E-state index contributed by atoms with van der Waals surface area (Å²) in [4.78, 5) is 5.47. The minimum absolute atomic E-state index is 0.414. The molecule has 1 aromatic carbocycles. The quantitative estimate of drug-likeness (QED) is 0.760. The lowest BCUT2D eigenvalue weighted by atomic mass is 10.1. The highest BCUT2D eigenvalue weighted by molar-refractivity contribution is 7.15. The fraction of sp³-hybridized carbons (Fsp3) is 0.267. The van der Waals surface area contributed by atoms with Gasteiger partial charge < -0.3 is 15.2 Å². The molecule has 2 aromatic heterocycles. The van der Waals surface area contributed by atoms with Crippen molar-refractivity contribution in [2.75, 3.05) is 13.7 Å². The lowest BCUT2D eigenvalue weighted by Crippen LogP contribution is -2.04. The third-order valence-electron chi connectivity index (χ3n) is 3.18. The van der Waals surface area contributed by atoms with Crippen LogP contribution in [0.15, 0.2) is 36.0 Å². The van der Waals surface area contributed by atoms with Crippen molar-refractivity contribution in [2.45, 2.75) is 13.0 Å². The summed E-state index contributed by atoms with van der Waals surface area (Å²) >= 11 is 1.60. The molecule has 0 spiro atoms. The number of benzene rings is 1. The Morgan fingerprint density at radius 3 is 3.00 bits per heavy atom. The second-order valence-corrected chi connectivity index (χ2v) is 5.51. The van der Waals surface area contributed by atoms with E-state index in [2.05, 4.69) is 4.98 Å². The van der Waals surface area contributed by atoms with Crippen molar-refractivity contribution in [3.05, 3.63) is 47.2 Å². The van der Waals surface area contributed by atoms with Gasteiger partial charge in [0.05, 0.1) is 12.8 Å². The zero-order chi connectivity index (χ0) is 14.7. The van der Waals surface area contributed by atoms with E-state index in [4.69, 9.17) is 15.2 Å². The summed E-state index contributed by atoms with van der Waals surface area (Å²) in [5.41, 5.74) is 7.63. The highest BCUT2D eigenvalue weighted by atomic mass is 32.1. The molecule has 2 heterocycles. The van der Waals surface area contributed by atoms with Gasteiger partial charge in [-0.1, -0.05) is 6.07 Å². The zero-order valence-electron chi connectivity index (χ0n) is 11.8. The van der Waals surface area contributed by atoms with Crippen LogP contribution < -0.4 is 15.2 Å². The number of aromatic nitrogens is 2. The molecular weight excluding hydrogens is 286 g/mol. The number of methoxy groups -OCH3 is 1. The van der Waals surface area contributed by atoms with Crippen molar-refractivity contribution in [1.29, 1.82) is 0 Å². The van der Waals surface area contributed by atoms with Crippen molar-refractivity contribution in [2.24, 2.45) is 5.73 Å². The van der Waals surface area contributed by atoms with Gasteiger partial charge in [-0.05, 0) is 30.7 Å². The molecule has 2 N–H and O–H groups in total. The minimum atomic E-state index is 0.414. The number of rotatable bonds is 6. The molecule has 0 radical (unpaired) electrons. The number of fused-ring (bicyclic) bond motifs is 1. The second-order valence-electron chi connectivity index (χ2n) is 4.64. The number of nitrogens with two attached hydrogens (primary N) is 1. The minimum Gasteiger partial charge on any atom is -0.493 e. The van der Waals surface area contributed by atoms with Gasteiger partial charge in [-0.2, -0.15) is 0 Å². The maximum absolute atomic E-state index is 5.86. The highest BCUT2D eigenvalue weighted by Crippen LogP contribution is 2.29. The third kappa shape index (κ3) is 3.01. The third-order valence-corrected chi connectivity index (χ3v) is 3.95. The summed E-state index contributed by atoms with van der Waals surface area (Å²) in [6, 6.07) is 5.89. The number of nitrogens with zero attached hydrogens (tertiary/aromatic N) is 2. The normalized spacial score (nSPS) is 11.0. The highest BCUT2D eigenvalue weighted by Gasteiger charge is 2.08. The SMILES string of the molecule is COc1ccc(CCN)cc1OCc1cn2ccsc2n1. The maximum Gasteiger partial charge on any atom is 0.193 e. The molecule has 0 unspecified atom stereocenters. The number of thiazole rings is 1. The molecule has 5 nitrogen and oxygen atoms in total. The molecule has 0 fully saturated rings. The van der Waals surface area contributed by atoms with Crippen LogP contribution in [0.5, 0.6) is 11.5 Å². The predicted octanol–water partition coefficient (Wildman–Crippen LogP) is 2.48. The van der Waals surface area contributed by atoms with Crippen LogP contribution >= 0.6 is 11.3 Å². The second kappa shape index (κ2) is 6.15. The van der Waals surface area contributed by atoms with Crippen LogP contribution in [0.2, 0.25) is 0 Å². The first-order chi connectivity index (χ1) is 10.3. The summed E-state index contributed by atoms with van der Waals surface area (Å²) in [7, 11) is 1.64. The van der Waals surface area contributed by atoms with Crippen molar-refractivity contribution in [3.8, 4) is 11.5 Å². The molecule has 0 bridgehead atoms. The van der Waals surface area contributed by atoms with E-state index in [0.29, 0.717) is 13.2 Å². The number of hydrogen-bond acceptors (Lipinski definition) is 5. The van der Waals surface area contributed by atoms with E-state index in [0.717, 1.165) is 34.1 Å². The standard InChI is InChI=1S/C15H17N3O2S/c1-19-13-3-2-11(4-5-16)8-14(13)20-10-12-9-18-6-7-21-15(18)17-12/h2-3,6-9H,4-5,10,16H2,1H3. The van der Waals surface area contributed by atoms with Crippen LogP contribution in [0.1, 0.15) is 11.3 Å². The summed E-state index contributed by atoms with van der Waals surface area (Å²) in [6.45, 7) is 1.03. The fourth-order valence-corrected chi connectivity index (χ4v) is 2.87. The Morgan fingerprint density at radius 2 is 2.24 bits per heavy atom. The Kier molecular flexibility index (Phi) is 4.08. The number of hydrogen-bond donors (Lipinski definition) is 1. The average molecular weight is 303 g/mol. The van der Waals surface area contributed by atoms with Crippen LogP contribution in [-0.2, 0) is 13.0 Å². The Hall–Kier alpha value is -2.05. The molecule has 21 heavy (non-hydrogen) atoms. The number of imidazole rings is 1. The topological polar surface area (TPSA) is 61.8 Å². The van der Waals surface area contributed by atoms with Gasteiger partial charge in [0.25, 0.3) is 0 Å². The molecule has 3 aromatic rings. The Balaban J connectivity index is 1.76. The van der Waals surface area contributed by atoms with E-state index in [1.54, 1.807) is 18.4 Å². The van der Waals surface area contributed by atoms with Crippen LogP contribution in [0.25, 0.3) is 4.96 Å². The molecular formula is C15H17N3O2S. The smallest absolute Gasteiger partial charge is 0.193 e. The predicted molar refractivity (Wildman–Crippen MR) is 83.2 cm³/mol. The molecule has 0 saturated carbocycles. The van der Waals surface area contributed by atoms with Crippen LogP contribution in [0.4, 0.5) is 0 Å². The average Bonchev–Trinajstić information content (AvgIpc) is 3.06. The first kappa shape index (κ1) is 13.9. The van der Waals surface area contributed by atoms with E-state index in [1.807, 2.05) is 40.4 Å². The van der Waals surface area contributed by atoms with Crippen molar-refractivity contribution in [3.63, 3.8) is 0 Å². The van der Waals surface area contributed by atoms with Crippen LogP contribution in [0.3, 0.4) is 0 Å². The summed E-state index contributed by atoms with van der Waals surface area (Å²) < 4.78 is 13.2. The van der Waals surface area contributed by atoms with E-state index in [1.165, 1.54) is 0 Å². The molecule has 0 amide bonds. The van der Waals surface area contributed by atoms with Crippen LogP contribution in [0, 0.1) is 0 Å². The molecule has 0 atom stereocenters. The van der Waals surface area contributed by atoms with E-state index in [9.17, 15) is 0 Å². The zero-order valence-corrected chi connectivity index (χ0v) is 12.6. The molecule has 0 aliphatic rings. The van der Waals surface area contributed by atoms with E-state index >= 15 is 0 Å². The molecule has 0 aliphatic heterocycles. The summed E-state index contributed by atoms with van der Waals surface area (Å²) in [6.07, 6.45) is 4.78. The molecule has 0 saturated heterocycles. The van der Waals surface area contributed by atoms with Gasteiger partial charge in [-0.15, -0.1) is 11.3 Å². The lowest BCUT2D eigenvalue weighted by molar-refractivity contribution is 0.281. The lowest BCUT2D eigenvalue weighted by Gasteiger charge is -2.11. The molecule has 6 heteroatoms.